The molecule has 0 amide bonds. The third-order valence-electron chi connectivity index (χ3n) is 4.07. The second-order valence-electron chi connectivity index (χ2n) is 5.38. The van der Waals surface area contributed by atoms with Gasteiger partial charge in [-0.05, 0) is 68.7 Å². The lowest BCUT2D eigenvalue weighted by Gasteiger charge is -2.21. The SMILES string of the molecule is CC=C(c1ccc(OCC)cc1)c1ccc(N(CC)CC)cc1. The molecule has 2 aromatic rings. The van der Waals surface area contributed by atoms with Gasteiger partial charge in [-0.2, -0.15) is 0 Å². The molecule has 0 aliphatic rings. The lowest BCUT2D eigenvalue weighted by atomic mass is 9.97. The molecule has 0 aliphatic heterocycles. The fraction of sp³-hybridized carbons (Fsp3) is 0.333. The van der Waals surface area contributed by atoms with Gasteiger partial charge in [-0.25, -0.2) is 0 Å². The van der Waals surface area contributed by atoms with E-state index in [1.807, 2.05) is 19.1 Å². The first kappa shape index (κ1) is 17.1. The summed E-state index contributed by atoms with van der Waals surface area (Å²) in [6, 6.07) is 17.1. The van der Waals surface area contributed by atoms with E-state index in [-0.39, 0.29) is 0 Å². The van der Waals surface area contributed by atoms with Crippen LogP contribution in [0.3, 0.4) is 0 Å². The van der Waals surface area contributed by atoms with E-state index < -0.39 is 0 Å². The maximum absolute atomic E-state index is 5.52. The van der Waals surface area contributed by atoms with Crippen LogP contribution in [0.15, 0.2) is 54.6 Å². The highest BCUT2D eigenvalue weighted by molar-refractivity contribution is 5.80. The summed E-state index contributed by atoms with van der Waals surface area (Å²) in [6.07, 6.45) is 2.17. The second-order valence-corrected chi connectivity index (χ2v) is 5.38. The molecule has 0 bridgehead atoms. The largest absolute Gasteiger partial charge is 0.494 e. The molecule has 0 heterocycles. The fourth-order valence-electron chi connectivity index (χ4n) is 2.84. The summed E-state index contributed by atoms with van der Waals surface area (Å²) >= 11 is 0. The molecule has 0 saturated carbocycles. The molecule has 23 heavy (non-hydrogen) atoms. The van der Waals surface area contributed by atoms with E-state index in [1.54, 1.807) is 0 Å². The fourth-order valence-corrected chi connectivity index (χ4v) is 2.84. The first-order valence-electron chi connectivity index (χ1n) is 8.48. The minimum atomic E-state index is 0.697. The number of nitrogens with zero attached hydrogens (tertiary/aromatic N) is 1. The number of benzene rings is 2. The molecule has 2 nitrogen and oxygen atoms in total. The first-order valence-corrected chi connectivity index (χ1v) is 8.48. The number of anilines is 1. The molecule has 0 aliphatic carbocycles. The van der Waals surface area contributed by atoms with E-state index in [2.05, 4.69) is 68.1 Å². The minimum absolute atomic E-state index is 0.697. The molecular weight excluding hydrogens is 282 g/mol. The lowest BCUT2D eigenvalue weighted by Crippen LogP contribution is -2.21. The van der Waals surface area contributed by atoms with Gasteiger partial charge in [0, 0.05) is 18.8 Å². The Balaban J connectivity index is 2.24. The minimum Gasteiger partial charge on any atom is -0.494 e. The molecule has 0 N–H and O–H groups in total. The van der Waals surface area contributed by atoms with Gasteiger partial charge in [-0.3, -0.25) is 0 Å². The van der Waals surface area contributed by atoms with Gasteiger partial charge in [0.2, 0.25) is 0 Å². The van der Waals surface area contributed by atoms with Gasteiger partial charge in [-0.1, -0.05) is 30.3 Å². The Morgan fingerprint density at radius 1 is 0.870 bits per heavy atom. The Morgan fingerprint density at radius 2 is 1.39 bits per heavy atom. The van der Waals surface area contributed by atoms with Crippen molar-refractivity contribution in [2.75, 3.05) is 24.6 Å². The van der Waals surface area contributed by atoms with Crippen LogP contribution in [-0.4, -0.2) is 19.7 Å². The highest BCUT2D eigenvalue weighted by atomic mass is 16.5. The molecule has 0 atom stereocenters. The Labute approximate surface area is 140 Å². The van der Waals surface area contributed by atoms with Gasteiger partial charge in [0.25, 0.3) is 0 Å². The number of hydrogen-bond donors (Lipinski definition) is 0. The van der Waals surface area contributed by atoms with Crippen molar-refractivity contribution >= 4 is 11.3 Å². The van der Waals surface area contributed by atoms with Crippen molar-refractivity contribution in [3.8, 4) is 5.75 Å². The van der Waals surface area contributed by atoms with Crippen LogP contribution in [0.1, 0.15) is 38.8 Å². The van der Waals surface area contributed by atoms with E-state index in [4.69, 9.17) is 4.74 Å². The van der Waals surface area contributed by atoms with Crippen LogP contribution in [0.4, 0.5) is 5.69 Å². The lowest BCUT2D eigenvalue weighted by molar-refractivity contribution is 0.340. The number of ether oxygens (including phenoxy) is 1. The maximum atomic E-state index is 5.52. The highest BCUT2D eigenvalue weighted by Gasteiger charge is 2.06. The summed E-state index contributed by atoms with van der Waals surface area (Å²) in [7, 11) is 0. The van der Waals surface area contributed by atoms with Crippen molar-refractivity contribution in [1.29, 1.82) is 0 Å². The monoisotopic (exact) mass is 309 g/mol. The molecule has 0 radical (unpaired) electrons. The quantitative estimate of drug-likeness (QED) is 0.680. The van der Waals surface area contributed by atoms with Crippen LogP contribution < -0.4 is 9.64 Å². The summed E-state index contributed by atoms with van der Waals surface area (Å²) in [4.78, 5) is 2.36. The molecule has 2 aromatic carbocycles. The van der Waals surface area contributed by atoms with Crippen molar-refractivity contribution in [2.45, 2.75) is 27.7 Å². The third kappa shape index (κ3) is 4.16. The van der Waals surface area contributed by atoms with Crippen molar-refractivity contribution in [3.05, 3.63) is 65.7 Å². The van der Waals surface area contributed by atoms with Gasteiger partial charge in [-0.15, -0.1) is 0 Å². The molecule has 0 saturated heterocycles. The smallest absolute Gasteiger partial charge is 0.119 e. The van der Waals surface area contributed by atoms with Crippen molar-refractivity contribution < 1.29 is 4.74 Å². The number of rotatable bonds is 7. The topological polar surface area (TPSA) is 12.5 Å². The van der Waals surface area contributed by atoms with Crippen molar-refractivity contribution in [1.82, 2.24) is 0 Å². The van der Waals surface area contributed by atoms with Crippen LogP contribution in [0, 0.1) is 0 Å². The zero-order valence-corrected chi connectivity index (χ0v) is 14.7. The molecular formula is C21H27NO. The summed E-state index contributed by atoms with van der Waals surface area (Å²) in [5, 5.41) is 0. The van der Waals surface area contributed by atoms with Gasteiger partial charge < -0.3 is 9.64 Å². The Hall–Kier alpha value is -2.22. The molecule has 0 aromatic heterocycles. The zero-order chi connectivity index (χ0) is 16.7. The molecule has 2 heteroatoms. The molecule has 122 valence electrons. The van der Waals surface area contributed by atoms with Crippen molar-refractivity contribution in [3.63, 3.8) is 0 Å². The summed E-state index contributed by atoms with van der Waals surface area (Å²) in [6.45, 7) is 11.2. The summed E-state index contributed by atoms with van der Waals surface area (Å²) in [5.41, 5.74) is 4.99. The van der Waals surface area contributed by atoms with Crippen LogP contribution in [-0.2, 0) is 0 Å². The van der Waals surface area contributed by atoms with Crippen LogP contribution in [0.5, 0.6) is 5.75 Å². The second kappa shape index (κ2) is 8.42. The third-order valence-corrected chi connectivity index (χ3v) is 4.07. The standard InChI is InChI=1S/C21H27NO/c1-5-21(18-11-15-20(16-12-18)23-8-4)17-9-13-19(14-10-17)22(6-2)7-3/h5,9-16H,6-8H2,1-4H3. The van der Waals surface area contributed by atoms with Crippen molar-refractivity contribution in [2.24, 2.45) is 0 Å². The average Bonchev–Trinajstić information content (AvgIpc) is 2.60. The highest BCUT2D eigenvalue weighted by Crippen LogP contribution is 2.27. The van der Waals surface area contributed by atoms with Gasteiger partial charge >= 0.3 is 0 Å². The Morgan fingerprint density at radius 3 is 1.83 bits per heavy atom. The van der Waals surface area contributed by atoms with E-state index in [0.29, 0.717) is 6.61 Å². The average molecular weight is 309 g/mol. The van der Waals surface area contributed by atoms with E-state index in [9.17, 15) is 0 Å². The summed E-state index contributed by atoms with van der Waals surface area (Å²) in [5.74, 6) is 0.920. The van der Waals surface area contributed by atoms with Gasteiger partial charge in [0.05, 0.1) is 6.61 Å². The number of hydrogen-bond acceptors (Lipinski definition) is 2. The first-order chi connectivity index (χ1) is 11.2. The maximum Gasteiger partial charge on any atom is 0.119 e. The predicted molar refractivity (Wildman–Crippen MR) is 100 cm³/mol. The molecule has 0 unspecified atom stereocenters. The molecule has 0 fully saturated rings. The predicted octanol–water partition coefficient (Wildman–Crippen LogP) is 5.38. The Kier molecular flexibility index (Phi) is 6.28. The Bertz CT molecular complexity index is 622. The molecule has 0 spiro atoms. The molecule has 2 rings (SSSR count). The summed E-state index contributed by atoms with van der Waals surface area (Å²) < 4.78 is 5.52. The normalized spacial score (nSPS) is 11.4. The van der Waals surface area contributed by atoms with E-state index in [1.165, 1.54) is 22.4 Å². The van der Waals surface area contributed by atoms with E-state index in [0.717, 1.165) is 18.8 Å². The van der Waals surface area contributed by atoms with Crippen LogP contribution in [0.2, 0.25) is 0 Å². The number of allylic oxidation sites excluding steroid dienone is 1. The van der Waals surface area contributed by atoms with E-state index >= 15 is 0 Å². The van der Waals surface area contributed by atoms with Crippen LogP contribution >= 0.6 is 0 Å². The van der Waals surface area contributed by atoms with Crippen LogP contribution in [0.25, 0.3) is 5.57 Å². The van der Waals surface area contributed by atoms with Gasteiger partial charge in [0.15, 0.2) is 0 Å². The van der Waals surface area contributed by atoms with Gasteiger partial charge in [0.1, 0.15) is 5.75 Å². The zero-order valence-electron chi connectivity index (χ0n) is 14.7.